The van der Waals surface area contributed by atoms with Crippen LogP contribution in [0.15, 0.2) is 18.2 Å². The van der Waals surface area contributed by atoms with Crippen LogP contribution in [0.5, 0.6) is 5.75 Å². The second kappa shape index (κ2) is 7.22. The number of piperidine rings is 1. The van der Waals surface area contributed by atoms with Crippen LogP contribution in [0.1, 0.15) is 63.5 Å². The molecule has 0 unspecified atom stereocenters. The van der Waals surface area contributed by atoms with Gasteiger partial charge < -0.3 is 14.8 Å². The summed E-state index contributed by atoms with van der Waals surface area (Å²) in [6.45, 7) is 5.15. The molecule has 4 nitrogen and oxygen atoms in total. The first-order chi connectivity index (χ1) is 12.6. The van der Waals surface area contributed by atoms with Crippen molar-refractivity contribution in [3.63, 3.8) is 0 Å². The fourth-order valence-corrected chi connectivity index (χ4v) is 5.55. The van der Waals surface area contributed by atoms with Crippen molar-refractivity contribution in [2.24, 2.45) is 11.8 Å². The quantitative estimate of drug-likeness (QED) is 0.640. The number of carbonyl (C=O) groups excluding carboxylic acids is 1. The minimum absolute atomic E-state index is 0.00491. The molecule has 0 aromatic heterocycles. The van der Waals surface area contributed by atoms with Crippen LogP contribution in [0.3, 0.4) is 0 Å². The number of hydrogen-bond acceptors (Lipinski definition) is 4. The van der Waals surface area contributed by atoms with Crippen LogP contribution in [0.4, 0.5) is 0 Å². The Morgan fingerprint density at radius 3 is 3.04 bits per heavy atom. The van der Waals surface area contributed by atoms with Crippen LogP contribution in [-0.4, -0.2) is 25.3 Å². The number of esters is 1. The lowest BCUT2D eigenvalue weighted by molar-refractivity contribution is -0.151. The first-order valence-corrected chi connectivity index (χ1v) is 10.2. The maximum absolute atomic E-state index is 11.7. The Kier molecular flexibility index (Phi) is 4.96. The first kappa shape index (κ1) is 17.8. The topological polar surface area (TPSA) is 47.6 Å². The van der Waals surface area contributed by atoms with Crippen LogP contribution in [-0.2, 0) is 21.4 Å². The number of benzene rings is 1. The minimum Gasteiger partial charge on any atom is -0.457 e. The summed E-state index contributed by atoms with van der Waals surface area (Å²) in [4.78, 5) is 11.7. The molecule has 4 heteroatoms. The molecule has 1 saturated heterocycles. The maximum Gasteiger partial charge on any atom is 0.308 e. The number of hydrogen-bond donors (Lipinski definition) is 1. The zero-order valence-corrected chi connectivity index (χ0v) is 16.1. The smallest absolute Gasteiger partial charge is 0.308 e. The fraction of sp³-hybridized carbons (Fsp3) is 0.682. The van der Waals surface area contributed by atoms with Crippen LogP contribution >= 0.6 is 0 Å². The van der Waals surface area contributed by atoms with E-state index in [2.05, 4.69) is 17.4 Å². The molecular formula is C22H31NO3. The molecule has 0 amide bonds. The Labute approximate surface area is 156 Å². The molecule has 0 radical (unpaired) electrons. The van der Waals surface area contributed by atoms with Gasteiger partial charge in [0.25, 0.3) is 0 Å². The van der Waals surface area contributed by atoms with Crippen LogP contribution in [0.2, 0.25) is 0 Å². The lowest BCUT2D eigenvalue weighted by Gasteiger charge is -2.56. The summed E-state index contributed by atoms with van der Waals surface area (Å²) in [5, 5.41) is 3.77. The molecule has 1 aliphatic heterocycles. The van der Waals surface area contributed by atoms with E-state index in [4.69, 9.17) is 9.47 Å². The average molecular weight is 357 g/mol. The Morgan fingerprint density at radius 1 is 1.31 bits per heavy atom. The molecule has 2 bridgehead atoms. The van der Waals surface area contributed by atoms with E-state index in [0.717, 1.165) is 24.6 Å². The zero-order valence-electron chi connectivity index (χ0n) is 16.1. The molecular weight excluding hydrogens is 326 g/mol. The van der Waals surface area contributed by atoms with E-state index in [1.165, 1.54) is 43.2 Å². The molecule has 3 aliphatic rings. The van der Waals surface area contributed by atoms with Crippen molar-refractivity contribution in [2.45, 2.75) is 70.3 Å². The fourth-order valence-electron chi connectivity index (χ4n) is 5.55. The van der Waals surface area contributed by atoms with Gasteiger partial charge in [-0.25, -0.2) is 0 Å². The lowest BCUT2D eigenvalue weighted by atomic mass is 9.53. The van der Waals surface area contributed by atoms with Crippen LogP contribution in [0.25, 0.3) is 0 Å². The van der Waals surface area contributed by atoms with Crippen molar-refractivity contribution >= 4 is 5.97 Å². The third-order valence-electron chi connectivity index (χ3n) is 6.64. The second-order valence-electron chi connectivity index (χ2n) is 8.72. The summed E-state index contributed by atoms with van der Waals surface area (Å²) in [7, 11) is 0. The Hall–Kier alpha value is -1.55. The molecule has 4 rings (SSSR count). The predicted octanol–water partition coefficient (Wildman–Crippen LogP) is 3.96. The van der Waals surface area contributed by atoms with Gasteiger partial charge in [-0.05, 0) is 67.3 Å². The highest BCUT2D eigenvalue weighted by atomic mass is 16.7. The standard InChI is InChI=1S/C22H31NO3/c1-15(2)11-21(24)26-14-25-17-7-6-16-12-20-18-5-3-4-8-22(18,9-10-23-20)19(16)13-17/h6-7,13,15,18,20,23H,3-5,8-12,14H2,1-2H3/t18-,20-,22+/m1/s1. The van der Waals surface area contributed by atoms with Gasteiger partial charge in [0.2, 0.25) is 6.79 Å². The van der Waals surface area contributed by atoms with E-state index in [1.54, 1.807) is 0 Å². The zero-order chi connectivity index (χ0) is 18.1. The molecule has 1 aromatic rings. The average Bonchev–Trinajstić information content (AvgIpc) is 2.61. The first-order valence-electron chi connectivity index (χ1n) is 10.2. The van der Waals surface area contributed by atoms with Gasteiger partial charge in [-0.1, -0.05) is 32.8 Å². The predicted molar refractivity (Wildman–Crippen MR) is 101 cm³/mol. The van der Waals surface area contributed by atoms with E-state index >= 15 is 0 Å². The van der Waals surface area contributed by atoms with Crippen LogP contribution < -0.4 is 10.1 Å². The van der Waals surface area contributed by atoms with Crippen molar-refractivity contribution in [2.75, 3.05) is 13.3 Å². The Balaban J connectivity index is 1.50. The lowest BCUT2D eigenvalue weighted by Crippen LogP contribution is -2.59. The summed E-state index contributed by atoms with van der Waals surface area (Å²) in [5.41, 5.74) is 3.31. The molecule has 1 saturated carbocycles. The summed E-state index contributed by atoms with van der Waals surface area (Å²) in [6, 6.07) is 7.14. The largest absolute Gasteiger partial charge is 0.457 e. The summed E-state index contributed by atoms with van der Waals surface area (Å²) in [6.07, 6.45) is 8.14. The van der Waals surface area contributed by atoms with Crippen molar-refractivity contribution < 1.29 is 14.3 Å². The van der Waals surface area contributed by atoms with E-state index in [9.17, 15) is 4.79 Å². The normalized spacial score (nSPS) is 29.7. The third kappa shape index (κ3) is 3.24. The van der Waals surface area contributed by atoms with Gasteiger partial charge in [0.05, 0.1) is 0 Å². The van der Waals surface area contributed by atoms with E-state index in [0.29, 0.717) is 23.8 Å². The van der Waals surface area contributed by atoms with Crippen molar-refractivity contribution in [3.05, 3.63) is 29.3 Å². The summed E-state index contributed by atoms with van der Waals surface area (Å²) < 4.78 is 11.0. The van der Waals surface area contributed by atoms with Gasteiger partial charge in [0, 0.05) is 17.9 Å². The van der Waals surface area contributed by atoms with Gasteiger partial charge in [-0.3, -0.25) is 4.79 Å². The maximum atomic E-state index is 11.7. The molecule has 1 heterocycles. The number of rotatable bonds is 5. The molecule has 142 valence electrons. The molecule has 2 aliphatic carbocycles. The molecule has 1 N–H and O–H groups in total. The van der Waals surface area contributed by atoms with Gasteiger partial charge in [-0.15, -0.1) is 0 Å². The highest BCUT2D eigenvalue weighted by Crippen LogP contribution is 2.54. The SMILES string of the molecule is CC(C)CC(=O)OCOc1ccc2c(c1)[C@]13CCCC[C@@H]1[C@@H](C2)NCC3. The van der Waals surface area contributed by atoms with E-state index in [1.807, 2.05) is 19.9 Å². The minimum atomic E-state index is -0.190. The molecule has 1 aromatic carbocycles. The van der Waals surface area contributed by atoms with Crippen molar-refractivity contribution in [1.29, 1.82) is 0 Å². The highest BCUT2D eigenvalue weighted by molar-refractivity contribution is 5.69. The molecule has 26 heavy (non-hydrogen) atoms. The molecule has 3 atom stereocenters. The van der Waals surface area contributed by atoms with Gasteiger partial charge in [0.15, 0.2) is 0 Å². The van der Waals surface area contributed by atoms with E-state index in [-0.39, 0.29) is 12.8 Å². The van der Waals surface area contributed by atoms with Gasteiger partial charge in [-0.2, -0.15) is 0 Å². The highest BCUT2D eigenvalue weighted by Gasteiger charge is 2.51. The van der Waals surface area contributed by atoms with Gasteiger partial charge in [0.1, 0.15) is 5.75 Å². The monoisotopic (exact) mass is 357 g/mol. The number of carbonyl (C=O) groups is 1. The summed E-state index contributed by atoms with van der Waals surface area (Å²) >= 11 is 0. The number of fused-ring (bicyclic) bond motifs is 1. The number of nitrogens with one attached hydrogen (secondary N) is 1. The van der Waals surface area contributed by atoms with Gasteiger partial charge >= 0.3 is 5.97 Å². The van der Waals surface area contributed by atoms with Crippen molar-refractivity contribution in [1.82, 2.24) is 5.32 Å². The van der Waals surface area contributed by atoms with Crippen LogP contribution in [0, 0.1) is 11.8 Å². The summed E-state index contributed by atoms with van der Waals surface area (Å²) in [5.74, 6) is 1.71. The van der Waals surface area contributed by atoms with E-state index < -0.39 is 0 Å². The Morgan fingerprint density at radius 2 is 2.19 bits per heavy atom. The Bertz CT molecular complexity index is 667. The molecule has 2 fully saturated rings. The number of ether oxygens (including phenoxy) is 2. The second-order valence-corrected chi connectivity index (χ2v) is 8.72. The molecule has 0 spiro atoms. The van der Waals surface area contributed by atoms with Crippen molar-refractivity contribution in [3.8, 4) is 5.75 Å². The third-order valence-corrected chi connectivity index (χ3v) is 6.64.